The van der Waals surface area contributed by atoms with Crippen molar-refractivity contribution in [2.45, 2.75) is 45.2 Å². The van der Waals surface area contributed by atoms with Gasteiger partial charge < -0.3 is 9.15 Å². The third kappa shape index (κ3) is 4.69. The third-order valence-corrected chi connectivity index (χ3v) is 6.90. The van der Waals surface area contributed by atoms with Crippen molar-refractivity contribution in [2.75, 3.05) is 39.4 Å². The zero-order chi connectivity index (χ0) is 21.0. The van der Waals surface area contributed by atoms with E-state index in [1.807, 2.05) is 0 Å². The van der Waals surface area contributed by atoms with Gasteiger partial charge in [-0.1, -0.05) is 42.8 Å². The molecule has 2 aliphatic heterocycles. The zero-order valence-electron chi connectivity index (χ0n) is 18.6. The summed E-state index contributed by atoms with van der Waals surface area (Å²) in [4.78, 5) is 10.2. The fraction of sp³-hybridized carbons (Fsp3) is 0.500. The summed E-state index contributed by atoms with van der Waals surface area (Å²) in [6, 6.07) is 15.4. The lowest BCUT2D eigenvalue weighted by Gasteiger charge is -2.37. The quantitative estimate of drug-likeness (QED) is 0.570. The second-order valence-corrected chi connectivity index (χ2v) is 8.91. The summed E-state index contributed by atoms with van der Waals surface area (Å²) in [5, 5.41) is 2.41. The number of oxazole rings is 1. The topological polar surface area (TPSA) is 41.7 Å². The summed E-state index contributed by atoms with van der Waals surface area (Å²) in [5.74, 6) is 1.69. The number of piperidine rings is 1. The molecule has 0 saturated carbocycles. The Balaban J connectivity index is 1.31. The van der Waals surface area contributed by atoms with Crippen molar-refractivity contribution in [1.82, 2.24) is 14.8 Å². The Hall–Kier alpha value is -2.21. The Labute approximate surface area is 185 Å². The smallest absolute Gasteiger partial charge is 0.227 e. The molecule has 0 aliphatic carbocycles. The van der Waals surface area contributed by atoms with E-state index < -0.39 is 0 Å². The first-order valence-electron chi connectivity index (χ1n) is 11.8. The van der Waals surface area contributed by atoms with Gasteiger partial charge in [0, 0.05) is 31.2 Å². The van der Waals surface area contributed by atoms with E-state index >= 15 is 0 Å². The molecule has 2 aliphatic rings. The predicted molar refractivity (Wildman–Crippen MR) is 124 cm³/mol. The van der Waals surface area contributed by atoms with Crippen LogP contribution in [0, 0.1) is 6.92 Å². The van der Waals surface area contributed by atoms with Crippen molar-refractivity contribution in [3.63, 3.8) is 0 Å². The number of ether oxygens (including phenoxy) is 1. The molecule has 31 heavy (non-hydrogen) atoms. The van der Waals surface area contributed by atoms with Gasteiger partial charge in [-0.3, -0.25) is 9.80 Å². The minimum absolute atomic E-state index is 0.633. The number of benzene rings is 2. The van der Waals surface area contributed by atoms with E-state index in [2.05, 4.69) is 59.2 Å². The van der Waals surface area contributed by atoms with Crippen molar-refractivity contribution in [3.8, 4) is 11.5 Å². The van der Waals surface area contributed by atoms with Crippen molar-refractivity contribution < 1.29 is 9.15 Å². The lowest BCUT2D eigenvalue weighted by molar-refractivity contribution is 0.0301. The number of aromatic nitrogens is 1. The Bertz CT molecular complexity index is 1000. The Morgan fingerprint density at radius 1 is 1.00 bits per heavy atom. The van der Waals surface area contributed by atoms with Crippen molar-refractivity contribution in [2.24, 2.45) is 0 Å². The molecule has 164 valence electrons. The van der Waals surface area contributed by atoms with E-state index in [4.69, 9.17) is 14.1 Å². The molecule has 3 aromatic rings. The molecule has 5 rings (SSSR count). The SMILES string of the molecule is Cc1oc(-c2cccc3ccccc23)nc1CN1CCCC[C@H]1CCN1CCOCC1. The van der Waals surface area contributed by atoms with Crippen LogP contribution in [0.3, 0.4) is 0 Å². The van der Waals surface area contributed by atoms with Crippen LogP contribution in [-0.2, 0) is 11.3 Å². The van der Waals surface area contributed by atoms with Crippen LogP contribution in [0.15, 0.2) is 46.9 Å². The Morgan fingerprint density at radius 2 is 1.84 bits per heavy atom. The molecule has 5 nitrogen and oxygen atoms in total. The molecule has 2 saturated heterocycles. The lowest BCUT2D eigenvalue weighted by atomic mass is 9.98. The van der Waals surface area contributed by atoms with Crippen LogP contribution in [0.5, 0.6) is 0 Å². The van der Waals surface area contributed by atoms with Crippen LogP contribution in [0.1, 0.15) is 37.1 Å². The number of morpholine rings is 1. The monoisotopic (exact) mass is 419 g/mol. The summed E-state index contributed by atoms with van der Waals surface area (Å²) in [6.07, 6.45) is 5.13. The number of likely N-dealkylation sites (tertiary alicyclic amines) is 1. The van der Waals surface area contributed by atoms with E-state index in [-0.39, 0.29) is 0 Å². The van der Waals surface area contributed by atoms with Crippen molar-refractivity contribution in [3.05, 3.63) is 53.9 Å². The molecular formula is C26H33N3O2. The van der Waals surface area contributed by atoms with Crippen LogP contribution in [-0.4, -0.2) is 60.2 Å². The molecule has 0 radical (unpaired) electrons. The maximum atomic E-state index is 6.18. The van der Waals surface area contributed by atoms with Crippen molar-refractivity contribution >= 4 is 10.8 Å². The molecule has 0 N–H and O–H groups in total. The second-order valence-electron chi connectivity index (χ2n) is 8.91. The van der Waals surface area contributed by atoms with Crippen molar-refractivity contribution in [1.29, 1.82) is 0 Å². The number of nitrogens with zero attached hydrogens (tertiary/aromatic N) is 3. The summed E-state index contributed by atoms with van der Waals surface area (Å²) in [6.45, 7) is 9.17. The van der Waals surface area contributed by atoms with Crippen LogP contribution in [0.2, 0.25) is 0 Å². The third-order valence-electron chi connectivity index (χ3n) is 6.90. The fourth-order valence-electron chi connectivity index (χ4n) is 5.05. The van der Waals surface area contributed by atoms with E-state index in [0.717, 1.165) is 62.3 Å². The Kier molecular flexibility index (Phi) is 6.35. The molecule has 3 heterocycles. The molecule has 5 heteroatoms. The zero-order valence-corrected chi connectivity index (χ0v) is 18.6. The average Bonchev–Trinajstić information content (AvgIpc) is 3.18. The number of hydrogen-bond donors (Lipinski definition) is 0. The van der Waals surface area contributed by atoms with Gasteiger partial charge in [0.25, 0.3) is 0 Å². The molecule has 1 atom stereocenters. The number of aryl methyl sites for hydroxylation is 1. The lowest BCUT2D eigenvalue weighted by Crippen LogP contribution is -2.43. The van der Waals surface area contributed by atoms with E-state index in [1.165, 1.54) is 43.0 Å². The largest absolute Gasteiger partial charge is 0.441 e. The molecule has 0 bridgehead atoms. The predicted octanol–water partition coefficient (Wildman–Crippen LogP) is 4.88. The van der Waals surface area contributed by atoms with Crippen LogP contribution in [0.25, 0.3) is 22.2 Å². The maximum Gasteiger partial charge on any atom is 0.227 e. The standard InChI is InChI=1S/C26H33N3O2/c1-20-25(27-26(31-20)24-11-6-8-21-7-2-3-10-23(21)24)19-29-13-5-4-9-22(29)12-14-28-15-17-30-18-16-28/h2-3,6-8,10-11,22H,4-5,9,12-19H2,1H3/t22-/m0/s1. The highest BCUT2D eigenvalue weighted by Crippen LogP contribution is 2.30. The molecule has 0 spiro atoms. The number of hydrogen-bond acceptors (Lipinski definition) is 5. The summed E-state index contributed by atoms with van der Waals surface area (Å²) >= 11 is 0. The average molecular weight is 420 g/mol. The highest BCUT2D eigenvalue weighted by atomic mass is 16.5. The van der Waals surface area contributed by atoms with Crippen LogP contribution < -0.4 is 0 Å². The van der Waals surface area contributed by atoms with Gasteiger partial charge in [-0.15, -0.1) is 0 Å². The van der Waals surface area contributed by atoms with Gasteiger partial charge in [-0.05, 0) is 56.1 Å². The van der Waals surface area contributed by atoms with Crippen LogP contribution in [0.4, 0.5) is 0 Å². The molecular weight excluding hydrogens is 386 g/mol. The highest BCUT2D eigenvalue weighted by molar-refractivity contribution is 5.94. The second kappa shape index (κ2) is 9.51. The van der Waals surface area contributed by atoms with Gasteiger partial charge in [-0.2, -0.15) is 0 Å². The van der Waals surface area contributed by atoms with E-state index in [9.17, 15) is 0 Å². The maximum absolute atomic E-state index is 6.18. The van der Waals surface area contributed by atoms with E-state index in [0.29, 0.717) is 6.04 Å². The van der Waals surface area contributed by atoms with Gasteiger partial charge in [0.2, 0.25) is 5.89 Å². The summed E-state index contributed by atoms with van der Waals surface area (Å²) < 4.78 is 11.7. The number of fused-ring (bicyclic) bond motifs is 1. The minimum Gasteiger partial charge on any atom is -0.441 e. The molecule has 1 aromatic heterocycles. The minimum atomic E-state index is 0.633. The number of rotatable bonds is 6. The van der Waals surface area contributed by atoms with Gasteiger partial charge in [0.15, 0.2) is 0 Å². The summed E-state index contributed by atoms with van der Waals surface area (Å²) in [7, 11) is 0. The highest BCUT2D eigenvalue weighted by Gasteiger charge is 2.25. The van der Waals surface area contributed by atoms with Gasteiger partial charge in [0.05, 0.1) is 18.9 Å². The molecule has 2 fully saturated rings. The molecule has 2 aromatic carbocycles. The van der Waals surface area contributed by atoms with E-state index in [1.54, 1.807) is 0 Å². The first kappa shape index (κ1) is 20.7. The Morgan fingerprint density at radius 3 is 2.74 bits per heavy atom. The molecule has 0 amide bonds. The molecule has 0 unspecified atom stereocenters. The van der Waals surface area contributed by atoms with Gasteiger partial charge in [0.1, 0.15) is 5.76 Å². The van der Waals surface area contributed by atoms with Crippen LogP contribution >= 0.6 is 0 Å². The normalized spacial score (nSPS) is 21.0. The first-order chi connectivity index (χ1) is 15.3. The fourth-order valence-corrected chi connectivity index (χ4v) is 5.05. The summed E-state index contributed by atoms with van der Waals surface area (Å²) in [5.41, 5.74) is 2.16. The van der Waals surface area contributed by atoms with Gasteiger partial charge in [-0.25, -0.2) is 4.98 Å². The first-order valence-corrected chi connectivity index (χ1v) is 11.8. The van der Waals surface area contributed by atoms with Gasteiger partial charge >= 0.3 is 0 Å².